The third kappa shape index (κ3) is 3.79. The van der Waals surface area contributed by atoms with Gasteiger partial charge >= 0.3 is 6.09 Å². The van der Waals surface area contributed by atoms with Crippen LogP contribution >= 0.6 is 0 Å². The quantitative estimate of drug-likeness (QED) is 0.900. The number of hydrogen-bond donors (Lipinski definition) is 1. The first kappa shape index (κ1) is 17.5. The Labute approximate surface area is 158 Å². The van der Waals surface area contributed by atoms with Gasteiger partial charge in [-0.05, 0) is 61.1 Å². The zero-order valence-electron chi connectivity index (χ0n) is 15.1. The van der Waals surface area contributed by atoms with Gasteiger partial charge in [-0.3, -0.25) is 9.78 Å². The van der Waals surface area contributed by atoms with Crippen LogP contribution in [0.1, 0.15) is 36.0 Å². The highest BCUT2D eigenvalue weighted by molar-refractivity contribution is 5.95. The number of amides is 2. The first-order valence-electron chi connectivity index (χ1n) is 9.44. The predicted octanol–water partition coefficient (Wildman–Crippen LogP) is 3.50. The zero-order valence-corrected chi connectivity index (χ0v) is 15.1. The maximum absolute atomic E-state index is 13.2. The number of likely N-dealkylation sites (tertiary alicyclic amines) is 1. The van der Waals surface area contributed by atoms with Crippen molar-refractivity contribution in [3.05, 3.63) is 54.4 Å². The molecule has 0 spiro atoms. The van der Waals surface area contributed by atoms with Crippen LogP contribution in [0.2, 0.25) is 0 Å². The first-order valence-corrected chi connectivity index (χ1v) is 9.44. The van der Waals surface area contributed by atoms with E-state index >= 15 is 0 Å². The van der Waals surface area contributed by atoms with Crippen LogP contribution in [0, 0.1) is 0 Å². The third-order valence-electron chi connectivity index (χ3n) is 5.45. The van der Waals surface area contributed by atoms with Crippen LogP contribution in [0.4, 0.5) is 4.79 Å². The maximum atomic E-state index is 13.2. The molecular weight excluding hydrogens is 342 g/mol. The number of carbonyl (C=O) groups is 2. The van der Waals surface area contributed by atoms with E-state index in [1.54, 1.807) is 12.4 Å². The minimum absolute atomic E-state index is 0.0625. The van der Waals surface area contributed by atoms with Crippen LogP contribution in [-0.2, 0) is 0 Å². The number of piperidine rings is 1. The molecule has 1 aliphatic carbocycles. The average molecular weight is 365 g/mol. The van der Waals surface area contributed by atoms with Crippen molar-refractivity contribution in [3.63, 3.8) is 0 Å². The number of carboxylic acid groups (broad SMARTS) is 1. The molecule has 1 aromatic carbocycles. The Hall–Kier alpha value is -2.89. The molecule has 2 aromatic rings. The van der Waals surface area contributed by atoms with Crippen molar-refractivity contribution in [1.29, 1.82) is 0 Å². The van der Waals surface area contributed by atoms with Gasteiger partial charge in [0.05, 0.1) is 0 Å². The monoisotopic (exact) mass is 365 g/mol. The minimum Gasteiger partial charge on any atom is -0.465 e. The molecule has 27 heavy (non-hydrogen) atoms. The maximum Gasteiger partial charge on any atom is 0.407 e. The zero-order chi connectivity index (χ0) is 18.8. The number of hydrogen-bond acceptors (Lipinski definition) is 3. The Morgan fingerprint density at radius 3 is 2.00 bits per heavy atom. The van der Waals surface area contributed by atoms with Gasteiger partial charge in [0, 0.05) is 43.1 Å². The van der Waals surface area contributed by atoms with Gasteiger partial charge in [-0.2, -0.15) is 0 Å². The highest BCUT2D eigenvalue weighted by Crippen LogP contribution is 2.33. The van der Waals surface area contributed by atoms with E-state index < -0.39 is 6.09 Å². The van der Waals surface area contributed by atoms with Crippen LogP contribution < -0.4 is 0 Å². The van der Waals surface area contributed by atoms with E-state index in [1.165, 1.54) is 4.90 Å². The highest BCUT2D eigenvalue weighted by atomic mass is 16.4. The number of benzene rings is 1. The lowest BCUT2D eigenvalue weighted by molar-refractivity contribution is 0.0551. The van der Waals surface area contributed by atoms with Crippen LogP contribution in [0.25, 0.3) is 11.1 Å². The van der Waals surface area contributed by atoms with Crippen LogP contribution in [0.3, 0.4) is 0 Å². The molecule has 0 bridgehead atoms. The van der Waals surface area contributed by atoms with E-state index in [2.05, 4.69) is 4.98 Å². The molecule has 0 atom stereocenters. The lowest BCUT2D eigenvalue weighted by Crippen LogP contribution is -2.49. The van der Waals surface area contributed by atoms with Crippen LogP contribution in [0.5, 0.6) is 0 Å². The van der Waals surface area contributed by atoms with Gasteiger partial charge in [0.15, 0.2) is 0 Å². The summed E-state index contributed by atoms with van der Waals surface area (Å²) >= 11 is 0. The van der Waals surface area contributed by atoms with E-state index in [9.17, 15) is 9.59 Å². The summed E-state index contributed by atoms with van der Waals surface area (Å²) in [6.45, 7) is 0.995. The van der Waals surface area contributed by atoms with E-state index in [-0.39, 0.29) is 11.9 Å². The lowest BCUT2D eigenvalue weighted by Gasteiger charge is -2.38. The first-order chi connectivity index (χ1) is 13.1. The molecule has 1 N–H and O–H groups in total. The van der Waals surface area contributed by atoms with Crippen molar-refractivity contribution in [1.82, 2.24) is 14.8 Å². The van der Waals surface area contributed by atoms with Gasteiger partial charge < -0.3 is 14.9 Å². The van der Waals surface area contributed by atoms with E-state index in [4.69, 9.17) is 5.11 Å². The third-order valence-corrected chi connectivity index (χ3v) is 5.45. The van der Waals surface area contributed by atoms with Crippen molar-refractivity contribution < 1.29 is 14.7 Å². The summed E-state index contributed by atoms with van der Waals surface area (Å²) in [6, 6.07) is 12.0. The largest absolute Gasteiger partial charge is 0.465 e. The number of rotatable bonds is 4. The van der Waals surface area contributed by atoms with E-state index in [0.717, 1.165) is 24.0 Å². The summed E-state index contributed by atoms with van der Waals surface area (Å²) in [5.74, 6) is 0.0625. The summed E-state index contributed by atoms with van der Waals surface area (Å²) < 4.78 is 0. The number of pyridine rings is 1. The molecule has 4 rings (SSSR count). The van der Waals surface area contributed by atoms with Crippen molar-refractivity contribution in [2.45, 2.75) is 37.8 Å². The molecule has 1 aromatic heterocycles. The summed E-state index contributed by atoms with van der Waals surface area (Å²) in [4.78, 5) is 31.8. The molecule has 0 radical (unpaired) electrons. The van der Waals surface area contributed by atoms with Gasteiger partial charge in [-0.15, -0.1) is 0 Å². The fourth-order valence-corrected chi connectivity index (χ4v) is 3.82. The molecule has 1 saturated carbocycles. The normalized spacial score (nSPS) is 17.6. The molecule has 2 amide bonds. The van der Waals surface area contributed by atoms with Crippen molar-refractivity contribution in [2.24, 2.45) is 0 Å². The Balaban J connectivity index is 1.49. The Bertz CT molecular complexity index is 810. The molecule has 1 aliphatic heterocycles. The van der Waals surface area contributed by atoms with Gasteiger partial charge in [0.2, 0.25) is 0 Å². The molecule has 1 saturated heterocycles. The van der Waals surface area contributed by atoms with Gasteiger partial charge in [-0.1, -0.05) is 12.1 Å². The predicted molar refractivity (Wildman–Crippen MR) is 101 cm³/mol. The Morgan fingerprint density at radius 1 is 0.889 bits per heavy atom. The van der Waals surface area contributed by atoms with Crippen LogP contribution in [-0.4, -0.2) is 57.1 Å². The van der Waals surface area contributed by atoms with Gasteiger partial charge in [0.1, 0.15) is 0 Å². The van der Waals surface area contributed by atoms with Crippen LogP contribution in [0.15, 0.2) is 48.8 Å². The Morgan fingerprint density at radius 2 is 1.44 bits per heavy atom. The SMILES string of the molecule is O=C(O)N1CCC(N(C(=O)c2ccc(-c3ccncc3)cc2)C2CC2)CC1. The standard InChI is InChI=1S/C21H23N3O3/c25-20(17-3-1-15(2-4-17)16-7-11-22-12-8-16)24(18-5-6-18)19-9-13-23(14-10-19)21(26)27/h1-4,7-8,11-12,18-19H,5-6,9-10,13-14H2,(H,26,27). The van der Waals surface area contributed by atoms with Crippen molar-refractivity contribution in [2.75, 3.05) is 13.1 Å². The van der Waals surface area contributed by atoms with Gasteiger partial charge in [0.25, 0.3) is 5.91 Å². The average Bonchev–Trinajstić information content (AvgIpc) is 3.54. The number of carbonyl (C=O) groups excluding carboxylic acids is 1. The fraction of sp³-hybridized carbons (Fsp3) is 0.381. The fourth-order valence-electron chi connectivity index (χ4n) is 3.82. The summed E-state index contributed by atoms with van der Waals surface area (Å²) in [5, 5.41) is 9.13. The molecule has 6 nitrogen and oxygen atoms in total. The molecular formula is C21H23N3O3. The van der Waals surface area contributed by atoms with E-state index in [1.807, 2.05) is 41.3 Å². The molecule has 6 heteroatoms. The second-order valence-electron chi connectivity index (χ2n) is 7.26. The molecule has 140 valence electrons. The smallest absolute Gasteiger partial charge is 0.407 e. The molecule has 2 fully saturated rings. The van der Waals surface area contributed by atoms with E-state index in [0.29, 0.717) is 37.5 Å². The summed E-state index contributed by atoms with van der Waals surface area (Å²) in [5.41, 5.74) is 2.83. The minimum atomic E-state index is -0.871. The topological polar surface area (TPSA) is 73.7 Å². The molecule has 2 aliphatic rings. The summed E-state index contributed by atoms with van der Waals surface area (Å²) in [7, 11) is 0. The molecule has 2 heterocycles. The molecule has 0 unspecified atom stereocenters. The van der Waals surface area contributed by atoms with Crippen molar-refractivity contribution in [3.8, 4) is 11.1 Å². The Kier molecular flexibility index (Phi) is 4.79. The lowest BCUT2D eigenvalue weighted by atomic mass is 10.0. The summed E-state index contributed by atoms with van der Waals surface area (Å²) in [6.07, 6.45) is 6.15. The van der Waals surface area contributed by atoms with Crippen molar-refractivity contribution >= 4 is 12.0 Å². The number of nitrogens with zero attached hydrogens (tertiary/aromatic N) is 3. The highest BCUT2D eigenvalue weighted by Gasteiger charge is 2.39. The second-order valence-corrected chi connectivity index (χ2v) is 7.26. The van der Waals surface area contributed by atoms with Gasteiger partial charge in [-0.25, -0.2) is 4.79 Å². The second kappa shape index (κ2) is 7.39. The number of aromatic nitrogens is 1.